The number of nitrogens with zero attached hydrogens (tertiary/aromatic N) is 2. The van der Waals surface area contributed by atoms with E-state index in [9.17, 15) is 0 Å². The Morgan fingerprint density at radius 1 is 1.46 bits per heavy atom. The standard InChI is InChI=1S/C10H17N3/c1-4-9(11)8-6-12-7(3)13-10(8)5-2/h6,9H,4-5,11H2,1-3H3/t9-/m0/s1. The Hall–Kier alpha value is -0.960. The molecule has 0 amide bonds. The van der Waals surface area contributed by atoms with Crippen LogP contribution in [0, 0.1) is 6.92 Å². The molecule has 0 aromatic carbocycles. The van der Waals surface area contributed by atoms with Gasteiger partial charge in [-0.2, -0.15) is 0 Å². The Kier molecular flexibility index (Phi) is 3.37. The van der Waals surface area contributed by atoms with Crippen molar-refractivity contribution in [1.29, 1.82) is 0 Å². The first-order chi connectivity index (χ1) is 6.19. The summed E-state index contributed by atoms with van der Waals surface area (Å²) < 4.78 is 0. The molecule has 0 bridgehead atoms. The zero-order valence-electron chi connectivity index (χ0n) is 8.54. The van der Waals surface area contributed by atoms with Crippen LogP contribution in [0.25, 0.3) is 0 Å². The zero-order chi connectivity index (χ0) is 9.84. The molecule has 3 heteroatoms. The number of aryl methyl sites for hydroxylation is 2. The molecule has 72 valence electrons. The van der Waals surface area contributed by atoms with Gasteiger partial charge < -0.3 is 5.73 Å². The van der Waals surface area contributed by atoms with Crippen LogP contribution in [0.4, 0.5) is 0 Å². The van der Waals surface area contributed by atoms with Crippen molar-refractivity contribution in [3.63, 3.8) is 0 Å². The first-order valence-electron chi connectivity index (χ1n) is 4.77. The van der Waals surface area contributed by atoms with Crippen molar-refractivity contribution in [2.45, 2.75) is 39.7 Å². The molecule has 0 unspecified atom stereocenters. The molecule has 0 radical (unpaired) electrons. The van der Waals surface area contributed by atoms with Crippen molar-refractivity contribution >= 4 is 0 Å². The van der Waals surface area contributed by atoms with Crippen LogP contribution in [0.1, 0.15) is 43.4 Å². The summed E-state index contributed by atoms with van der Waals surface area (Å²) in [4.78, 5) is 8.54. The van der Waals surface area contributed by atoms with Gasteiger partial charge in [0, 0.05) is 23.5 Å². The average Bonchev–Trinajstić information content (AvgIpc) is 2.16. The van der Waals surface area contributed by atoms with Gasteiger partial charge in [0.25, 0.3) is 0 Å². The van der Waals surface area contributed by atoms with Gasteiger partial charge in [0.1, 0.15) is 5.82 Å². The molecule has 0 fully saturated rings. The van der Waals surface area contributed by atoms with E-state index in [4.69, 9.17) is 5.73 Å². The van der Waals surface area contributed by atoms with E-state index in [1.165, 1.54) is 0 Å². The van der Waals surface area contributed by atoms with E-state index in [1.54, 1.807) is 0 Å². The normalized spacial score (nSPS) is 12.9. The van der Waals surface area contributed by atoms with Crippen LogP contribution in [0.15, 0.2) is 6.20 Å². The summed E-state index contributed by atoms with van der Waals surface area (Å²) >= 11 is 0. The third kappa shape index (κ3) is 2.25. The SMILES string of the molecule is CCc1nc(C)ncc1[C@@H](N)CC. The van der Waals surface area contributed by atoms with Crippen LogP contribution in [0.3, 0.4) is 0 Å². The molecule has 0 aliphatic rings. The topological polar surface area (TPSA) is 51.8 Å². The minimum atomic E-state index is 0.0792. The fourth-order valence-corrected chi connectivity index (χ4v) is 1.34. The van der Waals surface area contributed by atoms with Gasteiger partial charge in [-0.3, -0.25) is 0 Å². The Morgan fingerprint density at radius 3 is 2.69 bits per heavy atom. The molecule has 1 aromatic rings. The second kappa shape index (κ2) is 4.33. The monoisotopic (exact) mass is 179 g/mol. The predicted octanol–water partition coefficient (Wildman–Crippen LogP) is 1.76. The highest BCUT2D eigenvalue weighted by Crippen LogP contribution is 2.16. The molecule has 0 saturated carbocycles. The maximum atomic E-state index is 5.94. The van der Waals surface area contributed by atoms with E-state index in [0.717, 1.165) is 29.9 Å². The van der Waals surface area contributed by atoms with Crippen LogP contribution in [0.5, 0.6) is 0 Å². The van der Waals surface area contributed by atoms with Gasteiger partial charge >= 0.3 is 0 Å². The lowest BCUT2D eigenvalue weighted by Crippen LogP contribution is -2.13. The van der Waals surface area contributed by atoms with Crippen molar-refractivity contribution < 1.29 is 0 Å². The third-order valence-corrected chi connectivity index (χ3v) is 2.19. The van der Waals surface area contributed by atoms with Crippen molar-refractivity contribution in [2.75, 3.05) is 0 Å². The molecule has 0 aliphatic carbocycles. The number of hydrogen-bond acceptors (Lipinski definition) is 3. The van der Waals surface area contributed by atoms with E-state index >= 15 is 0 Å². The smallest absolute Gasteiger partial charge is 0.125 e. The third-order valence-electron chi connectivity index (χ3n) is 2.19. The van der Waals surface area contributed by atoms with Gasteiger partial charge in [-0.15, -0.1) is 0 Å². The fraction of sp³-hybridized carbons (Fsp3) is 0.600. The van der Waals surface area contributed by atoms with Gasteiger partial charge in [-0.05, 0) is 19.8 Å². The Labute approximate surface area is 79.4 Å². The zero-order valence-corrected chi connectivity index (χ0v) is 8.54. The van der Waals surface area contributed by atoms with Crippen molar-refractivity contribution in [2.24, 2.45) is 5.73 Å². The van der Waals surface area contributed by atoms with Gasteiger partial charge in [-0.1, -0.05) is 13.8 Å². The number of hydrogen-bond donors (Lipinski definition) is 1. The molecule has 13 heavy (non-hydrogen) atoms. The summed E-state index contributed by atoms with van der Waals surface area (Å²) in [5.74, 6) is 0.823. The van der Waals surface area contributed by atoms with Crippen molar-refractivity contribution in [1.82, 2.24) is 9.97 Å². The molecule has 3 nitrogen and oxygen atoms in total. The van der Waals surface area contributed by atoms with Crippen LogP contribution in [-0.2, 0) is 6.42 Å². The average molecular weight is 179 g/mol. The Balaban J connectivity index is 3.05. The molecule has 0 spiro atoms. The van der Waals surface area contributed by atoms with Gasteiger partial charge in [-0.25, -0.2) is 9.97 Å². The molecule has 1 atom stereocenters. The van der Waals surface area contributed by atoms with Gasteiger partial charge in [0.05, 0.1) is 0 Å². The highest BCUT2D eigenvalue weighted by molar-refractivity contribution is 5.21. The minimum Gasteiger partial charge on any atom is -0.324 e. The summed E-state index contributed by atoms with van der Waals surface area (Å²) in [6, 6.07) is 0.0792. The molecule has 1 rings (SSSR count). The minimum absolute atomic E-state index is 0.0792. The quantitative estimate of drug-likeness (QED) is 0.769. The molecular weight excluding hydrogens is 162 g/mol. The van der Waals surface area contributed by atoms with Crippen LogP contribution in [0.2, 0.25) is 0 Å². The number of nitrogens with two attached hydrogens (primary N) is 1. The lowest BCUT2D eigenvalue weighted by Gasteiger charge is -2.12. The van der Waals surface area contributed by atoms with E-state index in [1.807, 2.05) is 13.1 Å². The predicted molar refractivity (Wildman–Crippen MR) is 53.4 cm³/mol. The molecule has 1 aromatic heterocycles. The number of rotatable bonds is 3. The second-order valence-corrected chi connectivity index (χ2v) is 3.19. The first kappa shape index (κ1) is 10.1. The summed E-state index contributed by atoms with van der Waals surface area (Å²) in [5.41, 5.74) is 8.12. The molecular formula is C10H17N3. The van der Waals surface area contributed by atoms with E-state index < -0.39 is 0 Å². The van der Waals surface area contributed by atoms with E-state index in [2.05, 4.69) is 23.8 Å². The van der Waals surface area contributed by atoms with Crippen LogP contribution >= 0.6 is 0 Å². The van der Waals surface area contributed by atoms with Crippen molar-refractivity contribution in [3.8, 4) is 0 Å². The molecule has 0 aliphatic heterocycles. The van der Waals surface area contributed by atoms with Gasteiger partial charge in [0.15, 0.2) is 0 Å². The summed E-state index contributed by atoms with van der Waals surface area (Å²) in [6.45, 7) is 6.07. The number of aromatic nitrogens is 2. The fourth-order valence-electron chi connectivity index (χ4n) is 1.34. The molecule has 1 heterocycles. The Bertz CT molecular complexity index is 283. The molecule has 0 saturated heterocycles. The van der Waals surface area contributed by atoms with Gasteiger partial charge in [0.2, 0.25) is 0 Å². The highest BCUT2D eigenvalue weighted by Gasteiger charge is 2.09. The van der Waals surface area contributed by atoms with E-state index in [0.29, 0.717) is 0 Å². The summed E-state index contributed by atoms with van der Waals surface area (Å²) in [7, 11) is 0. The summed E-state index contributed by atoms with van der Waals surface area (Å²) in [5, 5.41) is 0. The van der Waals surface area contributed by atoms with Crippen LogP contribution < -0.4 is 5.73 Å². The Morgan fingerprint density at radius 2 is 2.15 bits per heavy atom. The molecule has 2 N–H and O–H groups in total. The van der Waals surface area contributed by atoms with Crippen LogP contribution in [-0.4, -0.2) is 9.97 Å². The maximum Gasteiger partial charge on any atom is 0.125 e. The summed E-state index contributed by atoms with van der Waals surface area (Å²) in [6.07, 6.45) is 3.71. The lowest BCUT2D eigenvalue weighted by atomic mass is 10.0. The van der Waals surface area contributed by atoms with Crippen molar-refractivity contribution in [3.05, 3.63) is 23.3 Å². The first-order valence-corrected chi connectivity index (χ1v) is 4.77. The second-order valence-electron chi connectivity index (χ2n) is 3.19. The highest BCUT2D eigenvalue weighted by atomic mass is 14.9. The van der Waals surface area contributed by atoms with E-state index in [-0.39, 0.29) is 6.04 Å². The maximum absolute atomic E-state index is 5.94. The largest absolute Gasteiger partial charge is 0.324 e. The lowest BCUT2D eigenvalue weighted by molar-refractivity contribution is 0.675.